The molecule has 6 nitrogen and oxygen atoms in total. The molecule has 3 rings (SSSR count). The molecule has 0 bridgehead atoms. The smallest absolute Gasteiger partial charge is 0.343 e. The van der Waals surface area contributed by atoms with Gasteiger partial charge in [0.05, 0.1) is 33.3 Å². The lowest BCUT2D eigenvalue weighted by Gasteiger charge is -2.33. The second-order valence-corrected chi connectivity index (χ2v) is 10.9. The topological polar surface area (TPSA) is 64.6 Å². The number of hydrogen-bond acceptors (Lipinski definition) is 4. The molecule has 8 heteroatoms. The first-order chi connectivity index (χ1) is 19.6. The van der Waals surface area contributed by atoms with Crippen LogP contribution in [0.4, 0.5) is 8.78 Å². The maximum absolute atomic E-state index is 13.3. The largest absolute Gasteiger partial charge is 0.494 e. The Labute approximate surface area is 241 Å². The molecule has 0 radical (unpaired) electrons. The highest BCUT2D eigenvalue weighted by Crippen LogP contribution is 2.20. The summed E-state index contributed by atoms with van der Waals surface area (Å²) < 4.78 is 38.1. The zero-order valence-electron chi connectivity index (χ0n) is 24.1. The number of hydrogen-bond donors (Lipinski definition) is 1. The predicted octanol–water partition coefficient (Wildman–Crippen LogP) is 5.94. The van der Waals surface area contributed by atoms with Gasteiger partial charge in [0.25, 0.3) is 5.91 Å². The van der Waals surface area contributed by atoms with Gasteiger partial charge in [-0.3, -0.25) is 4.79 Å². The monoisotopic (exact) mass is 565 g/mol. The first kappa shape index (κ1) is 31.6. The summed E-state index contributed by atoms with van der Waals surface area (Å²) in [6, 6.07) is 20.6. The van der Waals surface area contributed by atoms with Gasteiger partial charge >= 0.3 is 5.97 Å². The molecular formula is C33H39F2N2O4+. The van der Waals surface area contributed by atoms with Gasteiger partial charge < -0.3 is 19.3 Å². The molecule has 0 aliphatic carbocycles. The third-order valence-electron chi connectivity index (χ3n) is 6.63. The van der Waals surface area contributed by atoms with Crippen LogP contribution in [-0.2, 0) is 11.2 Å². The number of quaternary nitrogens is 1. The lowest BCUT2D eigenvalue weighted by molar-refractivity contribution is -0.886. The van der Waals surface area contributed by atoms with Gasteiger partial charge in [0.15, 0.2) is 6.04 Å². The van der Waals surface area contributed by atoms with E-state index in [0.717, 1.165) is 56.2 Å². The minimum Gasteiger partial charge on any atom is -0.494 e. The van der Waals surface area contributed by atoms with Crippen LogP contribution < -0.4 is 14.8 Å². The second-order valence-electron chi connectivity index (χ2n) is 10.9. The molecular weight excluding hydrogens is 526 g/mol. The number of likely N-dealkylation sites (N-methyl/N-ethyl adjacent to an activating group) is 1. The molecule has 1 atom stereocenters. The molecule has 0 fully saturated rings. The number of benzene rings is 2. The Balaban J connectivity index is 1.25. The molecule has 0 aliphatic heterocycles. The summed E-state index contributed by atoms with van der Waals surface area (Å²) in [6.45, 7) is 1.24. The van der Waals surface area contributed by atoms with E-state index in [4.69, 9.17) is 9.47 Å². The molecule has 0 aromatic heterocycles. The summed E-state index contributed by atoms with van der Waals surface area (Å²) >= 11 is 0. The average molecular weight is 566 g/mol. The Bertz CT molecular complexity index is 1220. The standard InChI is InChI=1S/C33H38F2N2O4/c1-37(2,3)31(21-25-13-9-8-10-14-25)32(38)36-19-11-6-4-5-7-12-20-40-29-15-17-30(18-16-29)41-33(39)26-22-27(34)24-28(35)23-26/h8-9,13,15-18,22-24,31H,4-7,11-12,19-21H2,1-3H3/p+1. The minimum atomic E-state index is -0.841. The van der Waals surface area contributed by atoms with Gasteiger partial charge in [-0.05, 0) is 61.4 Å². The summed E-state index contributed by atoms with van der Waals surface area (Å²) in [4.78, 5) is 25.0. The number of halogens is 2. The van der Waals surface area contributed by atoms with Gasteiger partial charge in [-0.2, -0.15) is 0 Å². The van der Waals surface area contributed by atoms with E-state index >= 15 is 0 Å². The van der Waals surface area contributed by atoms with Crippen molar-refractivity contribution in [3.63, 3.8) is 0 Å². The Morgan fingerprint density at radius 3 is 2.15 bits per heavy atom. The summed E-state index contributed by atoms with van der Waals surface area (Å²) in [6.07, 6.45) is 6.78. The molecule has 0 heterocycles. The Morgan fingerprint density at radius 2 is 1.51 bits per heavy atom. The third-order valence-corrected chi connectivity index (χ3v) is 6.63. The normalized spacial score (nSPS) is 11.8. The Kier molecular flexibility index (Phi) is 12.1. The van der Waals surface area contributed by atoms with E-state index in [-0.39, 0.29) is 23.3 Å². The molecule has 218 valence electrons. The van der Waals surface area contributed by atoms with Crippen molar-refractivity contribution in [1.82, 2.24) is 5.32 Å². The summed E-state index contributed by atoms with van der Waals surface area (Å²) in [7, 11) is 6.11. The van der Waals surface area contributed by atoms with Crippen LogP contribution in [0.25, 0.3) is 0 Å². The van der Waals surface area contributed by atoms with E-state index in [1.165, 1.54) is 0 Å². The van der Waals surface area contributed by atoms with Crippen LogP contribution in [0.2, 0.25) is 0 Å². The highest BCUT2D eigenvalue weighted by atomic mass is 19.1. The lowest BCUT2D eigenvalue weighted by atomic mass is 10.0. The van der Waals surface area contributed by atoms with Gasteiger partial charge in [-0.15, -0.1) is 0 Å². The van der Waals surface area contributed by atoms with Crippen LogP contribution >= 0.6 is 0 Å². The van der Waals surface area contributed by atoms with Crippen LogP contribution in [-0.4, -0.2) is 56.7 Å². The predicted molar refractivity (Wildman–Crippen MR) is 154 cm³/mol. The summed E-state index contributed by atoms with van der Waals surface area (Å²) in [5.74, 6) is -1.55. The van der Waals surface area contributed by atoms with Gasteiger partial charge in [0, 0.05) is 24.6 Å². The Morgan fingerprint density at radius 1 is 0.878 bits per heavy atom. The summed E-state index contributed by atoms with van der Waals surface area (Å²) in [5.41, 5.74) is 0.793. The lowest BCUT2D eigenvalue weighted by Crippen LogP contribution is -2.55. The van der Waals surface area contributed by atoms with Crippen LogP contribution in [0, 0.1) is 23.8 Å². The molecule has 1 N–H and O–H groups in total. The van der Waals surface area contributed by atoms with Gasteiger partial charge in [0.2, 0.25) is 0 Å². The maximum Gasteiger partial charge on any atom is 0.343 e. The van der Waals surface area contributed by atoms with Crippen molar-refractivity contribution >= 4 is 11.9 Å². The molecule has 0 spiro atoms. The van der Waals surface area contributed by atoms with E-state index < -0.39 is 17.6 Å². The van der Waals surface area contributed by atoms with E-state index in [0.29, 0.717) is 35.9 Å². The average Bonchev–Trinajstić information content (AvgIpc) is 2.93. The van der Waals surface area contributed by atoms with Crippen molar-refractivity contribution in [2.45, 2.75) is 51.0 Å². The van der Waals surface area contributed by atoms with Crippen molar-refractivity contribution < 1.29 is 32.3 Å². The van der Waals surface area contributed by atoms with Crippen LogP contribution in [0.3, 0.4) is 0 Å². The number of rotatable bonds is 16. The van der Waals surface area contributed by atoms with Crippen LogP contribution in [0.15, 0.2) is 60.7 Å². The number of esters is 1. The van der Waals surface area contributed by atoms with Crippen molar-refractivity contribution in [1.29, 1.82) is 0 Å². The van der Waals surface area contributed by atoms with E-state index in [2.05, 4.69) is 17.4 Å². The van der Waals surface area contributed by atoms with E-state index in [9.17, 15) is 18.4 Å². The highest BCUT2D eigenvalue weighted by Gasteiger charge is 2.31. The van der Waals surface area contributed by atoms with Gasteiger partial charge in [-0.1, -0.05) is 43.9 Å². The molecule has 1 amide bonds. The number of unbranched alkanes of at least 4 members (excludes halogenated alkanes) is 5. The third kappa shape index (κ3) is 11.2. The highest BCUT2D eigenvalue weighted by molar-refractivity contribution is 5.91. The number of nitrogens with one attached hydrogen (secondary N) is 1. The van der Waals surface area contributed by atoms with Crippen LogP contribution in [0.5, 0.6) is 11.5 Å². The minimum absolute atomic E-state index is 0.0695. The van der Waals surface area contributed by atoms with Gasteiger partial charge in [-0.25, -0.2) is 13.6 Å². The zero-order valence-corrected chi connectivity index (χ0v) is 24.1. The second kappa shape index (κ2) is 15.7. The molecule has 3 aromatic carbocycles. The van der Waals surface area contributed by atoms with Gasteiger partial charge in [0.1, 0.15) is 23.1 Å². The molecule has 41 heavy (non-hydrogen) atoms. The van der Waals surface area contributed by atoms with Crippen molar-refractivity contribution in [2.75, 3.05) is 34.3 Å². The molecule has 1 unspecified atom stereocenters. The number of carbonyl (C=O) groups is 2. The molecule has 0 saturated heterocycles. The Hall–Kier alpha value is -3.96. The van der Waals surface area contributed by atoms with Crippen molar-refractivity contribution in [2.24, 2.45) is 0 Å². The number of ether oxygens (including phenoxy) is 2. The summed E-state index contributed by atoms with van der Waals surface area (Å²) in [5, 5.41) is 3.11. The first-order valence-corrected chi connectivity index (χ1v) is 14.0. The number of carbonyl (C=O) groups excluding carboxylic acids is 2. The fraction of sp³-hybridized carbons (Fsp3) is 0.394. The SMILES string of the molecule is C[N+](C)(C)C(Cc1c#cccc1)C(=O)NCCCCCCCCOc1ccc(OC(=O)c2cc(F)cc(F)c2)cc1. The quantitative estimate of drug-likeness (QED) is 0.101. The fourth-order valence-electron chi connectivity index (χ4n) is 4.33. The maximum atomic E-state index is 13.3. The number of amides is 1. The van der Waals surface area contributed by atoms with E-state index in [1.54, 1.807) is 24.3 Å². The fourth-order valence-corrected chi connectivity index (χ4v) is 4.33. The first-order valence-electron chi connectivity index (χ1n) is 14.0. The molecule has 0 aliphatic rings. The molecule has 0 saturated carbocycles. The van der Waals surface area contributed by atoms with E-state index in [1.807, 2.05) is 39.3 Å². The van der Waals surface area contributed by atoms with Crippen molar-refractivity contribution in [3.8, 4) is 11.5 Å². The van der Waals surface area contributed by atoms with Crippen molar-refractivity contribution in [3.05, 3.63) is 95.6 Å². The number of nitrogens with zero attached hydrogens (tertiary/aromatic N) is 1. The zero-order chi connectivity index (χ0) is 29.7. The molecule has 3 aromatic rings. The van der Waals surface area contributed by atoms with Crippen LogP contribution in [0.1, 0.15) is 54.4 Å².